The minimum Gasteiger partial charge on any atom is -0.330 e. The zero-order valence-corrected chi connectivity index (χ0v) is 10.5. The fourth-order valence-corrected chi connectivity index (χ4v) is 2.69. The molecule has 3 heteroatoms. The summed E-state index contributed by atoms with van der Waals surface area (Å²) in [5.74, 6) is 0.616. The molecule has 3 nitrogen and oxygen atoms in total. The molecule has 94 valence electrons. The summed E-state index contributed by atoms with van der Waals surface area (Å²) in [6.45, 7) is 3.16. The maximum Gasteiger partial charge on any atom is 0.0951 e. The number of nitrogens with one attached hydrogen (secondary N) is 1. The molecular weight excluding hydrogens is 222 g/mol. The number of piperidine rings is 1. The van der Waals surface area contributed by atoms with Crippen LogP contribution in [0.2, 0.25) is 0 Å². The molecule has 2 heterocycles. The van der Waals surface area contributed by atoms with Crippen molar-refractivity contribution in [2.75, 3.05) is 13.1 Å². The van der Waals surface area contributed by atoms with E-state index >= 15 is 0 Å². The Kier molecular flexibility index (Phi) is 3.42. The van der Waals surface area contributed by atoms with E-state index in [1.165, 1.54) is 24.1 Å². The number of hydrogen-bond donors (Lipinski definition) is 1. The van der Waals surface area contributed by atoms with Gasteiger partial charge in [0, 0.05) is 30.9 Å². The van der Waals surface area contributed by atoms with Gasteiger partial charge in [-0.25, -0.2) is 4.98 Å². The van der Waals surface area contributed by atoms with Gasteiger partial charge in [-0.3, -0.25) is 0 Å². The van der Waals surface area contributed by atoms with Gasteiger partial charge in [-0.15, -0.1) is 0 Å². The van der Waals surface area contributed by atoms with Crippen LogP contribution < -0.4 is 5.32 Å². The fourth-order valence-electron chi connectivity index (χ4n) is 2.69. The summed E-state index contributed by atoms with van der Waals surface area (Å²) in [4.78, 5) is 4.33. The van der Waals surface area contributed by atoms with Gasteiger partial charge >= 0.3 is 0 Å². The summed E-state index contributed by atoms with van der Waals surface area (Å²) in [6, 6.07) is 10.6. The Hall–Kier alpha value is -1.61. The van der Waals surface area contributed by atoms with Gasteiger partial charge in [0.05, 0.1) is 6.33 Å². The fraction of sp³-hybridized carbons (Fsp3) is 0.400. The maximum absolute atomic E-state index is 4.33. The van der Waals surface area contributed by atoms with Crippen molar-refractivity contribution in [3.8, 4) is 0 Å². The van der Waals surface area contributed by atoms with Gasteiger partial charge in [0.1, 0.15) is 0 Å². The van der Waals surface area contributed by atoms with E-state index in [1.54, 1.807) is 0 Å². The van der Waals surface area contributed by atoms with Crippen molar-refractivity contribution in [2.45, 2.75) is 25.3 Å². The third-order valence-electron chi connectivity index (χ3n) is 3.66. The number of hydrogen-bond acceptors (Lipinski definition) is 2. The molecule has 1 aromatic carbocycles. The third kappa shape index (κ3) is 2.46. The predicted molar refractivity (Wildman–Crippen MR) is 72.6 cm³/mol. The SMILES string of the molecule is c1ccc(Cn2cncc2C2CCCNC2)cc1. The highest BCUT2D eigenvalue weighted by atomic mass is 15.1. The molecule has 0 bridgehead atoms. The van der Waals surface area contributed by atoms with E-state index in [2.05, 4.69) is 45.2 Å². The highest BCUT2D eigenvalue weighted by Gasteiger charge is 2.18. The molecule has 2 aromatic rings. The molecule has 1 aliphatic rings. The Balaban J connectivity index is 1.78. The monoisotopic (exact) mass is 241 g/mol. The lowest BCUT2D eigenvalue weighted by atomic mass is 9.96. The van der Waals surface area contributed by atoms with E-state index in [4.69, 9.17) is 0 Å². The number of rotatable bonds is 3. The van der Waals surface area contributed by atoms with Crippen LogP contribution in [0.15, 0.2) is 42.9 Å². The molecule has 1 saturated heterocycles. The topological polar surface area (TPSA) is 29.9 Å². The highest BCUT2D eigenvalue weighted by molar-refractivity contribution is 5.17. The van der Waals surface area contributed by atoms with Crippen molar-refractivity contribution < 1.29 is 0 Å². The lowest BCUT2D eigenvalue weighted by Gasteiger charge is -2.23. The van der Waals surface area contributed by atoms with Gasteiger partial charge in [0.2, 0.25) is 0 Å². The first kappa shape index (κ1) is 11.5. The smallest absolute Gasteiger partial charge is 0.0951 e. The van der Waals surface area contributed by atoms with Gasteiger partial charge in [-0.1, -0.05) is 30.3 Å². The van der Waals surface area contributed by atoms with Crippen molar-refractivity contribution in [3.05, 3.63) is 54.1 Å². The van der Waals surface area contributed by atoms with Crippen LogP contribution in [-0.4, -0.2) is 22.6 Å². The Morgan fingerprint density at radius 3 is 2.94 bits per heavy atom. The first-order chi connectivity index (χ1) is 8.93. The zero-order chi connectivity index (χ0) is 12.2. The van der Waals surface area contributed by atoms with Crippen molar-refractivity contribution in [2.24, 2.45) is 0 Å². The van der Waals surface area contributed by atoms with Crippen LogP contribution >= 0.6 is 0 Å². The molecule has 1 aliphatic heterocycles. The Bertz CT molecular complexity index is 483. The van der Waals surface area contributed by atoms with Gasteiger partial charge < -0.3 is 9.88 Å². The summed E-state index contributed by atoms with van der Waals surface area (Å²) >= 11 is 0. The van der Waals surface area contributed by atoms with Gasteiger partial charge in [-0.2, -0.15) is 0 Å². The van der Waals surface area contributed by atoms with E-state index in [-0.39, 0.29) is 0 Å². The number of benzene rings is 1. The second-order valence-electron chi connectivity index (χ2n) is 4.98. The van der Waals surface area contributed by atoms with Crippen LogP contribution in [0.4, 0.5) is 0 Å². The van der Waals surface area contributed by atoms with E-state index in [0.717, 1.165) is 19.6 Å². The molecule has 1 N–H and O–H groups in total. The molecular formula is C15H19N3. The summed E-state index contributed by atoms with van der Waals surface area (Å²) in [6.07, 6.45) is 6.52. The largest absolute Gasteiger partial charge is 0.330 e. The predicted octanol–water partition coefficient (Wildman–Crippen LogP) is 2.40. The Morgan fingerprint density at radius 1 is 1.28 bits per heavy atom. The van der Waals surface area contributed by atoms with E-state index in [0.29, 0.717) is 5.92 Å². The second-order valence-corrected chi connectivity index (χ2v) is 4.98. The molecule has 1 fully saturated rings. The average Bonchev–Trinajstić information content (AvgIpc) is 2.89. The molecule has 3 rings (SSSR count). The number of imidazole rings is 1. The minimum atomic E-state index is 0.616. The molecule has 1 atom stereocenters. The molecule has 1 aromatic heterocycles. The minimum absolute atomic E-state index is 0.616. The van der Waals surface area contributed by atoms with E-state index in [1.807, 2.05) is 12.5 Å². The summed E-state index contributed by atoms with van der Waals surface area (Å²) in [5.41, 5.74) is 2.70. The summed E-state index contributed by atoms with van der Waals surface area (Å²) in [5, 5.41) is 3.47. The third-order valence-corrected chi connectivity index (χ3v) is 3.66. The number of nitrogens with zero attached hydrogens (tertiary/aromatic N) is 2. The molecule has 0 aliphatic carbocycles. The van der Waals surface area contributed by atoms with E-state index < -0.39 is 0 Å². The molecule has 0 radical (unpaired) electrons. The van der Waals surface area contributed by atoms with Crippen LogP contribution in [0.1, 0.15) is 30.0 Å². The van der Waals surface area contributed by atoms with Gasteiger partial charge in [0.25, 0.3) is 0 Å². The first-order valence-electron chi connectivity index (χ1n) is 6.68. The summed E-state index contributed by atoms with van der Waals surface area (Å²) < 4.78 is 2.28. The van der Waals surface area contributed by atoms with Gasteiger partial charge in [0.15, 0.2) is 0 Å². The lowest BCUT2D eigenvalue weighted by Crippen LogP contribution is -2.29. The highest BCUT2D eigenvalue weighted by Crippen LogP contribution is 2.23. The van der Waals surface area contributed by atoms with Crippen LogP contribution in [-0.2, 0) is 6.54 Å². The zero-order valence-electron chi connectivity index (χ0n) is 10.5. The van der Waals surface area contributed by atoms with Crippen molar-refractivity contribution >= 4 is 0 Å². The van der Waals surface area contributed by atoms with Crippen molar-refractivity contribution in [3.63, 3.8) is 0 Å². The van der Waals surface area contributed by atoms with Crippen molar-refractivity contribution in [1.29, 1.82) is 0 Å². The van der Waals surface area contributed by atoms with E-state index in [9.17, 15) is 0 Å². The van der Waals surface area contributed by atoms with Gasteiger partial charge in [-0.05, 0) is 24.9 Å². The second kappa shape index (κ2) is 5.36. The Morgan fingerprint density at radius 2 is 2.17 bits per heavy atom. The van der Waals surface area contributed by atoms with Crippen LogP contribution in [0.3, 0.4) is 0 Å². The lowest BCUT2D eigenvalue weighted by molar-refractivity contribution is 0.444. The molecule has 0 spiro atoms. The van der Waals surface area contributed by atoms with Crippen LogP contribution in [0.25, 0.3) is 0 Å². The van der Waals surface area contributed by atoms with Crippen LogP contribution in [0, 0.1) is 0 Å². The van der Waals surface area contributed by atoms with Crippen molar-refractivity contribution in [1.82, 2.24) is 14.9 Å². The molecule has 0 saturated carbocycles. The number of aromatic nitrogens is 2. The normalized spacial score (nSPS) is 19.9. The van der Waals surface area contributed by atoms with Crippen LogP contribution in [0.5, 0.6) is 0 Å². The first-order valence-corrected chi connectivity index (χ1v) is 6.68. The Labute approximate surface area is 108 Å². The molecule has 1 unspecified atom stereocenters. The molecule has 0 amide bonds. The quantitative estimate of drug-likeness (QED) is 0.894. The maximum atomic E-state index is 4.33. The molecule has 18 heavy (non-hydrogen) atoms. The standard InChI is InChI=1S/C15H19N3/c1-2-5-13(6-3-1)11-18-12-17-10-15(18)14-7-4-8-16-9-14/h1-3,5-6,10,12,14,16H,4,7-9,11H2. The summed E-state index contributed by atoms with van der Waals surface area (Å²) in [7, 11) is 0. The average molecular weight is 241 g/mol.